The van der Waals surface area contributed by atoms with Crippen LogP contribution in [0.15, 0.2) is 89.4 Å². The van der Waals surface area contributed by atoms with Gasteiger partial charge < -0.3 is 30.2 Å². The average molecular weight is 743 g/mol. The summed E-state index contributed by atoms with van der Waals surface area (Å²) < 4.78 is 0.746. The van der Waals surface area contributed by atoms with Gasteiger partial charge in [-0.05, 0) is 86.8 Å². The molecule has 7 rings (SSSR count). The molecular weight excluding hydrogens is 698 g/mol. The Morgan fingerprint density at radius 2 is 1.76 bits per heavy atom. The van der Waals surface area contributed by atoms with Crippen LogP contribution < -0.4 is 20.0 Å². The van der Waals surface area contributed by atoms with Crippen LogP contribution >= 0.6 is 15.9 Å². The van der Waals surface area contributed by atoms with E-state index < -0.39 is 23.0 Å². The van der Waals surface area contributed by atoms with Crippen molar-refractivity contribution in [3.05, 3.63) is 101 Å². The molecule has 3 atom stereocenters. The number of carbonyl (C=O) groups is 3. The number of anilines is 3. The highest BCUT2D eigenvalue weighted by Crippen LogP contribution is 2.47. The van der Waals surface area contributed by atoms with E-state index in [4.69, 9.17) is 0 Å². The minimum absolute atomic E-state index is 0.0494. The highest BCUT2D eigenvalue weighted by molar-refractivity contribution is 9.10. The lowest BCUT2D eigenvalue weighted by Crippen LogP contribution is -2.55. The number of halogens is 1. The van der Waals surface area contributed by atoms with Gasteiger partial charge in [-0.15, -0.1) is 0 Å². The van der Waals surface area contributed by atoms with Crippen LogP contribution in [0.3, 0.4) is 0 Å². The van der Waals surface area contributed by atoms with Crippen molar-refractivity contribution in [2.75, 3.05) is 47.6 Å². The fraction of sp³-hybridized carbons (Fsp3) is 0.410. The monoisotopic (exact) mass is 741 g/mol. The number of benzene rings is 3. The van der Waals surface area contributed by atoms with Crippen molar-refractivity contribution >= 4 is 50.7 Å². The maximum atomic E-state index is 14.2. The minimum Gasteiger partial charge on any atom is -0.394 e. The molecule has 262 valence electrons. The van der Waals surface area contributed by atoms with Gasteiger partial charge in [-0.3, -0.25) is 19.3 Å². The number of nitrogens with zero attached hydrogens (tertiary/aromatic N) is 4. The van der Waals surface area contributed by atoms with Crippen LogP contribution in [0.1, 0.15) is 50.2 Å². The van der Waals surface area contributed by atoms with Gasteiger partial charge in [0.05, 0.1) is 31.5 Å². The van der Waals surface area contributed by atoms with E-state index in [9.17, 15) is 24.6 Å². The fourth-order valence-corrected chi connectivity index (χ4v) is 8.55. The second kappa shape index (κ2) is 13.9. The third-order valence-corrected chi connectivity index (χ3v) is 11.5. The number of fused-ring (bicyclic) bond motifs is 1. The molecule has 0 aromatic heterocycles. The number of hydrogen-bond acceptors (Lipinski definition) is 7. The number of likely N-dealkylation sites (tertiary alicyclic amines) is 1. The van der Waals surface area contributed by atoms with Crippen molar-refractivity contribution in [1.29, 1.82) is 0 Å². The van der Waals surface area contributed by atoms with E-state index in [0.717, 1.165) is 60.2 Å². The quantitative estimate of drug-likeness (QED) is 0.273. The number of hydrogen-bond donors (Lipinski definition) is 3. The zero-order valence-corrected chi connectivity index (χ0v) is 29.9. The normalized spacial score (nSPS) is 23.8. The molecule has 11 heteroatoms. The number of carbonyl (C=O) groups excluding carboxylic acids is 3. The Morgan fingerprint density at radius 3 is 2.48 bits per heavy atom. The van der Waals surface area contributed by atoms with Gasteiger partial charge in [0.25, 0.3) is 11.8 Å². The Balaban J connectivity index is 1.09. The van der Waals surface area contributed by atoms with E-state index in [2.05, 4.69) is 38.3 Å². The number of amides is 3. The molecule has 0 radical (unpaired) electrons. The van der Waals surface area contributed by atoms with Crippen LogP contribution in [0, 0.1) is 5.92 Å². The highest BCUT2D eigenvalue weighted by atomic mass is 79.9. The summed E-state index contributed by atoms with van der Waals surface area (Å²) in [4.78, 5) is 48.5. The predicted octanol–water partition coefficient (Wildman–Crippen LogP) is 4.68. The average Bonchev–Trinajstić information content (AvgIpc) is 3.79. The molecule has 3 aromatic rings. The second-order valence-electron chi connectivity index (χ2n) is 13.9. The van der Waals surface area contributed by atoms with Crippen LogP contribution in [0.2, 0.25) is 0 Å². The molecule has 4 aliphatic heterocycles. The molecule has 1 spiro atoms. The Morgan fingerprint density at radius 1 is 1.02 bits per heavy atom. The number of aliphatic hydroxyl groups is 2. The molecule has 3 saturated heterocycles. The zero-order valence-electron chi connectivity index (χ0n) is 28.3. The molecule has 0 bridgehead atoms. The summed E-state index contributed by atoms with van der Waals surface area (Å²) in [5.74, 6) is -1.02. The lowest BCUT2D eigenvalue weighted by molar-refractivity contribution is -0.139. The first-order valence-corrected chi connectivity index (χ1v) is 18.3. The molecular formula is C39H44BrN5O5. The SMILES string of the molecule is C[C@@H](/C=C/CC(=O)N1CCC[C@H]1CO)[C@]1(O)C(=O)N(Cc2ccc(N3CN(c4ccccc4)C4(CCNCC4)C3=O)cc2)c2ccc(Br)cc21. The summed E-state index contributed by atoms with van der Waals surface area (Å²) in [5.41, 5.74) is 1.41. The van der Waals surface area contributed by atoms with Gasteiger partial charge in [0.2, 0.25) is 5.91 Å². The van der Waals surface area contributed by atoms with Gasteiger partial charge in [-0.25, -0.2) is 0 Å². The van der Waals surface area contributed by atoms with Crippen LogP contribution in [-0.4, -0.2) is 77.3 Å². The Bertz CT molecular complexity index is 1780. The Hall–Kier alpha value is -4.03. The largest absolute Gasteiger partial charge is 0.394 e. The molecule has 10 nitrogen and oxygen atoms in total. The molecule has 3 aromatic carbocycles. The molecule has 4 aliphatic rings. The summed E-state index contributed by atoms with van der Waals surface area (Å²) in [6.45, 7) is 4.63. The lowest BCUT2D eigenvalue weighted by atomic mass is 9.83. The summed E-state index contributed by atoms with van der Waals surface area (Å²) in [6, 6.07) is 23.2. The van der Waals surface area contributed by atoms with Crippen LogP contribution in [0.5, 0.6) is 0 Å². The minimum atomic E-state index is -1.83. The van der Waals surface area contributed by atoms with Crippen molar-refractivity contribution in [2.45, 2.75) is 62.8 Å². The summed E-state index contributed by atoms with van der Waals surface area (Å²) in [6.07, 6.45) is 6.72. The van der Waals surface area contributed by atoms with E-state index in [0.29, 0.717) is 24.5 Å². The number of nitrogens with one attached hydrogen (secondary N) is 1. The third-order valence-electron chi connectivity index (χ3n) is 11.0. The first kappa shape index (κ1) is 34.4. The summed E-state index contributed by atoms with van der Waals surface area (Å²) in [5, 5.41) is 25.1. The third kappa shape index (κ3) is 5.93. The number of para-hydroxylation sites is 1. The molecule has 50 heavy (non-hydrogen) atoms. The van der Waals surface area contributed by atoms with Gasteiger partial charge >= 0.3 is 0 Å². The van der Waals surface area contributed by atoms with Gasteiger partial charge in [-0.1, -0.05) is 65.3 Å². The van der Waals surface area contributed by atoms with Gasteiger partial charge in [0.1, 0.15) is 5.54 Å². The van der Waals surface area contributed by atoms with E-state index in [1.807, 2.05) is 59.5 Å². The van der Waals surface area contributed by atoms with E-state index in [1.54, 1.807) is 34.9 Å². The molecule has 3 N–H and O–H groups in total. The van der Waals surface area contributed by atoms with Crippen LogP contribution in [-0.2, 0) is 26.5 Å². The number of piperidine rings is 1. The topological polar surface area (TPSA) is 117 Å². The highest BCUT2D eigenvalue weighted by Gasteiger charge is 2.54. The van der Waals surface area contributed by atoms with E-state index >= 15 is 0 Å². The van der Waals surface area contributed by atoms with E-state index in [1.165, 1.54) is 0 Å². The van der Waals surface area contributed by atoms with Crippen molar-refractivity contribution in [1.82, 2.24) is 10.2 Å². The summed E-state index contributed by atoms with van der Waals surface area (Å²) >= 11 is 3.52. The van der Waals surface area contributed by atoms with Crippen LogP contribution in [0.4, 0.5) is 17.1 Å². The second-order valence-corrected chi connectivity index (χ2v) is 14.8. The molecule has 3 amide bonds. The maximum absolute atomic E-state index is 14.2. The smallest absolute Gasteiger partial charge is 0.264 e. The molecule has 0 saturated carbocycles. The Labute approximate surface area is 301 Å². The standard InChI is InChI=1S/C39H44BrN5O5/c1-27(7-5-11-35(47)42-22-6-10-32(42)25-46)39(50)33-23-29(40)14-17-34(33)43(37(39)49)24-28-12-15-30(16-13-28)44-26-45(31-8-3-2-4-9-31)38(36(44)48)18-20-41-21-19-38/h2-5,7-9,12-17,23,27,32,41,46,50H,6,10-11,18-22,24-26H2,1H3/b7-5+/t27-,32-,39+/m0/s1. The van der Waals surface area contributed by atoms with Crippen molar-refractivity contribution in [3.63, 3.8) is 0 Å². The predicted molar refractivity (Wildman–Crippen MR) is 197 cm³/mol. The Kier molecular flexibility index (Phi) is 9.60. The van der Waals surface area contributed by atoms with Gasteiger partial charge in [0.15, 0.2) is 5.60 Å². The van der Waals surface area contributed by atoms with Crippen molar-refractivity contribution in [3.8, 4) is 0 Å². The van der Waals surface area contributed by atoms with Crippen LogP contribution in [0.25, 0.3) is 0 Å². The molecule has 0 unspecified atom stereocenters. The maximum Gasteiger partial charge on any atom is 0.264 e. The number of rotatable bonds is 9. The van der Waals surface area contributed by atoms with Crippen molar-refractivity contribution < 1.29 is 24.6 Å². The molecule has 0 aliphatic carbocycles. The summed E-state index contributed by atoms with van der Waals surface area (Å²) in [7, 11) is 0. The first-order chi connectivity index (χ1) is 24.2. The van der Waals surface area contributed by atoms with E-state index in [-0.39, 0.29) is 37.4 Å². The molecule has 3 fully saturated rings. The number of aliphatic hydroxyl groups excluding tert-OH is 1. The molecule has 4 heterocycles. The first-order valence-electron chi connectivity index (χ1n) is 17.5. The fourth-order valence-electron chi connectivity index (χ4n) is 8.19. The zero-order chi connectivity index (χ0) is 35.0. The van der Waals surface area contributed by atoms with Gasteiger partial charge in [-0.2, -0.15) is 0 Å². The van der Waals surface area contributed by atoms with Gasteiger partial charge in [0, 0.05) is 40.3 Å². The van der Waals surface area contributed by atoms with Crippen molar-refractivity contribution in [2.24, 2.45) is 5.92 Å². The lowest BCUT2D eigenvalue weighted by Gasteiger charge is -2.39.